The van der Waals surface area contributed by atoms with Gasteiger partial charge in [0.05, 0.1) is 11.0 Å². The Morgan fingerprint density at radius 2 is 2.17 bits per heavy atom. The lowest BCUT2D eigenvalue weighted by Gasteiger charge is -1.96. The molecule has 1 aromatic heterocycles. The molecular formula is C14H21NO3. The molecule has 0 amide bonds. The molecule has 0 saturated heterocycles. The maximum absolute atomic E-state index is 10.6. The molecule has 0 atom stereocenters. The van der Waals surface area contributed by atoms with Gasteiger partial charge in [-0.1, -0.05) is 12.7 Å². The van der Waals surface area contributed by atoms with E-state index in [2.05, 4.69) is 11.3 Å². The van der Waals surface area contributed by atoms with Crippen molar-refractivity contribution in [3.8, 4) is 0 Å². The maximum atomic E-state index is 10.6. The third kappa shape index (κ3) is 4.22. The molecule has 4 heteroatoms. The number of ether oxygens (including phenoxy) is 1. The molecule has 0 bridgehead atoms. The first-order valence-electron chi connectivity index (χ1n) is 5.68. The van der Waals surface area contributed by atoms with Crippen molar-refractivity contribution in [3.05, 3.63) is 34.5 Å². The van der Waals surface area contributed by atoms with Crippen LogP contribution >= 0.6 is 0 Å². The Morgan fingerprint density at radius 3 is 2.50 bits per heavy atom. The van der Waals surface area contributed by atoms with E-state index in [0.717, 1.165) is 12.9 Å². The molecule has 1 heterocycles. The number of carbonyl (C=O) groups is 1. The zero-order valence-electron chi connectivity index (χ0n) is 11.4. The number of carbonyl (C=O) groups excluding carboxylic acids is 1. The van der Waals surface area contributed by atoms with E-state index in [1.165, 1.54) is 0 Å². The highest BCUT2D eigenvalue weighted by molar-refractivity contribution is 5.72. The van der Waals surface area contributed by atoms with Gasteiger partial charge in [0.1, 0.15) is 5.76 Å². The van der Waals surface area contributed by atoms with Crippen molar-refractivity contribution in [3.63, 3.8) is 0 Å². The number of hydrogen-bond donors (Lipinski definition) is 1. The van der Waals surface area contributed by atoms with Crippen LogP contribution in [0.1, 0.15) is 24.3 Å². The molecule has 0 aromatic carbocycles. The van der Waals surface area contributed by atoms with E-state index in [4.69, 9.17) is 0 Å². The molecule has 1 rings (SSSR count). The second kappa shape index (κ2) is 8.31. The first kappa shape index (κ1) is 16.2. The Bertz CT molecular complexity index is 510. The minimum atomic E-state index is 0.119. The summed E-state index contributed by atoms with van der Waals surface area (Å²) in [5, 5.41) is 10.9. The number of methoxy groups -OCH3 is 1. The fourth-order valence-electron chi connectivity index (χ4n) is 1.37. The number of hydrogen-bond acceptors (Lipinski definition) is 3. The zero-order valence-corrected chi connectivity index (χ0v) is 11.4. The summed E-state index contributed by atoms with van der Waals surface area (Å²) >= 11 is 0. The van der Waals surface area contributed by atoms with Crippen LogP contribution in [0.25, 0.3) is 12.3 Å². The molecule has 0 fully saturated rings. The largest absolute Gasteiger partial charge is 0.506 e. The summed E-state index contributed by atoms with van der Waals surface area (Å²) in [5.74, 6) is 0.119. The van der Waals surface area contributed by atoms with Crippen LogP contribution in [0.5, 0.6) is 0 Å². The third-order valence-corrected chi connectivity index (χ3v) is 2.33. The fourth-order valence-corrected chi connectivity index (χ4v) is 1.37. The van der Waals surface area contributed by atoms with Crippen molar-refractivity contribution in [2.75, 3.05) is 13.7 Å². The first-order valence-corrected chi connectivity index (χ1v) is 5.68. The van der Waals surface area contributed by atoms with Crippen LogP contribution in [0.4, 0.5) is 0 Å². The summed E-state index contributed by atoms with van der Waals surface area (Å²) < 4.78 is 6.16. The summed E-state index contributed by atoms with van der Waals surface area (Å²) in [5.41, 5.74) is 0.501. The highest BCUT2D eigenvalue weighted by Crippen LogP contribution is 1.90. The van der Waals surface area contributed by atoms with Gasteiger partial charge in [-0.15, -0.1) is 0 Å². The van der Waals surface area contributed by atoms with E-state index >= 15 is 0 Å². The molecule has 0 aliphatic carbocycles. The van der Waals surface area contributed by atoms with Crippen LogP contribution in [0.3, 0.4) is 0 Å². The molecule has 0 aliphatic heterocycles. The lowest BCUT2D eigenvalue weighted by Crippen LogP contribution is -2.29. The van der Waals surface area contributed by atoms with Crippen molar-refractivity contribution in [1.29, 1.82) is 0 Å². The van der Waals surface area contributed by atoms with Crippen LogP contribution < -0.4 is 10.6 Å². The van der Waals surface area contributed by atoms with Gasteiger partial charge in [0.2, 0.25) is 0 Å². The van der Waals surface area contributed by atoms with Crippen LogP contribution in [-0.4, -0.2) is 29.7 Å². The van der Waals surface area contributed by atoms with Crippen LogP contribution in [0.2, 0.25) is 0 Å². The highest BCUT2D eigenvalue weighted by Gasteiger charge is 2.02. The Morgan fingerprint density at radius 1 is 1.61 bits per heavy atom. The number of allylic oxidation sites excluding steroid dienone is 1. The van der Waals surface area contributed by atoms with Crippen molar-refractivity contribution in [2.24, 2.45) is 7.05 Å². The lowest BCUT2D eigenvalue weighted by molar-refractivity contribution is 0.111. The monoisotopic (exact) mass is 251 g/mol. The van der Waals surface area contributed by atoms with Crippen LogP contribution in [0.15, 0.2) is 18.2 Å². The highest BCUT2D eigenvalue weighted by atomic mass is 16.5. The maximum Gasteiger partial charge on any atom is 0.166 e. The van der Waals surface area contributed by atoms with Crippen molar-refractivity contribution in [1.82, 2.24) is 4.57 Å². The van der Waals surface area contributed by atoms with Gasteiger partial charge < -0.3 is 14.4 Å². The summed E-state index contributed by atoms with van der Waals surface area (Å²) in [4.78, 5) is 10.6. The molecule has 0 unspecified atom stereocenters. The number of aldehydes is 1. The predicted octanol–water partition coefficient (Wildman–Crippen LogP) is 1.14. The molecule has 0 aliphatic rings. The smallest absolute Gasteiger partial charge is 0.166 e. The van der Waals surface area contributed by atoms with Crippen LogP contribution in [-0.2, 0) is 11.8 Å². The molecule has 0 spiro atoms. The van der Waals surface area contributed by atoms with Gasteiger partial charge in [-0.25, -0.2) is 0 Å². The minimum Gasteiger partial charge on any atom is -0.506 e. The molecular weight excluding hydrogens is 230 g/mol. The average molecular weight is 251 g/mol. The first-order chi connectivity index (χ1) is 8.53. The molecule has 1 aromatic rings. The quantitative estimate of drug-likeness (QED) is 0.820. The Balaban J connectivity index is 0.000000631. The SMILES string of the molecule is C=c1cc(C=O)n(C)/c1=C(O)/C=C\C.CCOC. The standard InChI is InChI=1S/C11H13NO2.C3H8O/c1-4-5-10(14)11-8(2)6-9(7-13)12(11)3;1-3-4-2/h4-7,14H,2H2,1,3H3;3H2,1-2H3/b5-4-,11-10-;. The fraction of sp³-hybridized carbons (Fsp3) is 0.357. The van der Waals surface area contributed by atoms with Gasteiger partial charge in [-0.05, 0) is 31.2 Å². The second-order valence-electron chi connectivity index (χ2n) is 3.58. The van der Waals surface area contributed by atoms with E-state index in [1.807, 2.05) is 13.8 Å². The number of aromatic nitrogens is 1. The van der Waals surface area contributed by atoms with Gasteiger partial charge in [-0.2, -0.15) is 0 Å². The van der Waals surface area contributed by atoms with Gasteiger partial charge in [0, 0.05) is 20.8 Å². The number of rotatable bonds is 3. The van der Waals surface area contributed by atoms with E-state index in [0.29, 0.717) is 16.3 Å². The Kier molecular flexibility index (Phi) is 7.47. The van der Waals surface area contributed by atoms with Crippen molar-refractivity contribution in [2.45, 2.75) is 13.8 Å². The molecule has 0 radical (unpaired) electrons. The van der Waals surface area contributed by atoms with E-state index in [1.54, 1.807) is 36.9 Å². The summed E-state index contributed by atoms with van der Waals surface area (Å²) in [6, 6.07) is 1.64. The normalized spacial score (nSPS) is 12.0. The second-order valence-corrected chi connectivity index (χ2v) is 3.58. The molecule has 0 saturated carbocycles. The summed E-state index contributed by atoms with van der Waals surface area (Å²) in [6.07, 6.45) is 4.03. The van der Waals surface area contributed by atoms with E-state index in [-0.39, 0.29) is 5.76 Å². The summed E-state index contributed by atoms with van der Waals surface area (Å²) in [7, 11) is 3.40. The van der Waals surface area contributed by atoms with Crippen LogP contribution in [0, 0.1) is 0 Å². The third-order valence-electron chi connectivity index (χ3n) is 2.33. The Labute approximate surface area is 108 Å². The molecule has 18 heavy (non-hydrogen) atoms. The number of aliphatic hydroxyl groups is 1. The average Bonchev–Trinajstić information content (AvgIpc) is 2.64. The van der Waals surface area contributed by atoms with Gasteiger partial charge in [0.15, 0.2) is 6.29 Å². The van der Waals surface area contributed by atoms with Gasteiger partial charge in [0.25, 0.3) is 0 Å². The van der Waals surface area contributed by atoms with Gasteiger partial charge >= 0.3 is 0 Å². The number of aliphatic hydroxyl groups excluding tert-OH is 1. The lowest BCUT2D eigenvalue weighted by atomic mass is 10.3. The zero-order chi connectivity index (χ0) is 14.1. The molecule has 100 valence electrons. The van der Waals surface area contributed by atoms with E-state index in [9.17, 15) is 9.90 Å². The molecule has 4 nitrogen and oxygen atoms in total. The van der Waals surface area contributed by atoms with Crippen molar-refractivity contribution < 1.29 is 14.6 Å². The predicted molar refractivity (Wildman–Crippen MR) is 74.0 cm³/mol. The minimum absolute atomic E-state index is 0.119. The topological polar surface area (TPSA) is 51.5 Å². The number of nitrogens with zero attached hydrogens (tertiary/aromatic N) is 1. The summed E-state index contributed by atoms with van der Waals surface area (Å²) in [6.45, 7) is 8.34. The van der Waals surface area contributed by atoms with Gasteiger partial charge in [-0.3, -0.25) is 4.79 Å². The van der Waals surface area contributed by atoms with Crippen molar-refractivity contribution >= 4 is 18.6 Å². The Hall–Kier alpha value is -1.81. The molecule has 1 N–H and O–H groups in total. The van der Waals surface area contributed by atoms with E-state index < -0.39 is 0 Å².